The summed E-state index contributed by atoms with van der Waals surface area (Å²) in [7, 11) is 1.69. The number of thioether (sulfide) groups is 1. The molecule has 27 heavy (non-hydrogen) atoms. The number of aryl methyl sites for hydroxylation is 1. The molecule has 2 aromatic carbocycles. The number of hydrogen-bond acceptors (Lipinski definition) is 5. The zero-order valence-corrected chi connectivity index (χ0v) is 16.2. The van der Waals surface area contributed by atoms with Crippen LogP contribution in [0.4, 0.5) is 4.39 Å². The lowest BCUT2D eigenvalue weighted by Crippen LogP contribution is -2.32. The summed E-state index contributed by atoms with van der Waals surface area (Å²) in [6.07, 6.45) is 0. The van der Waals surface area contributed by atoms with Crippen LogP contribution in [0.25, 0.3) is 11.5 Å². The molecule has 0 fully saturated rings. The fourth-order valence-electron chi connectivity index (χ4n) is 2.68. The fourth-order valence-corrected chi connectivity index (χ4v) is 3.48. The Morgan fingerprint density at radius 2 is 2.00 bits per heavy atom. The zero-order valence-electron chi connectivity index (χ0n) is 15.3. The van der Waals surface area contributed by atoms with Gasteiger partial charge in [0.2, 0.25) is 11.8 Å². The van der Waals surface area contributed by atoms with E-state index in [0.29, 0.717) is 17.7 Å². The number of halogens is 1. The van der Waals surface area contributed by atoms with Crippen LogP contribution in [0.15, 0.2) is 58.2 Å². The Balaban J connectivity index is 1.64. The smallest absolute Gasteiger partial charge is 0.277 e. The van der Waals surface area contributed by atoms with Gasteiger partial charge in [0.25, 0.3) is 5.22 Å². The van der Waals surface area contributed by atoms with Crippen LogP contribution >= 0.6 is 11.8 Å². The number of carbonyl (C=O) groups is 1. The lowest BCUT2D eigenvalue weighted by molar-refractivity contribution is -0.129. The Labute approximate surface area is 161 Å². The molecule has 0 aliphatic carbocycles. The first-order valence-electron chi connectivity index (χ1n) is 8.49. The van der Waals surface area contributed by atoms with Crippen LogP contribution in [-0.2, 0) is 11.3 Å². The maximum Gasteiger partial charge on any atom is 0.277 e. The average molecular weight is 385 g/mol. The number of aromatic nitrogens is 2. The van der Waals surface area contributed by atoms with Crippen molar-refractivity contribution >= 4 is 17.7 Å². The Kier molecular flexibility index (Phi) is 5.91. The Morgan fingerprint density at radius 1 is 1.22 bits per heavy atom. The van der Waals surface area contributed by atoms with E-state index in [-0.39, 0.29) is 11.7 Å². The lowest BCUT2D eigenvalue weighted by atomic mass is 10.1. The first kappa shape index (κ1) is 19.1. The van der Waals surface area contributed by atoms with Crippen LogP contribution in [0.5, 0.6) is 0 Å². The molecule has 0 saturated carbocycles. The fraction of sp³-hybridized carbons (Fsp3) is 0.250. The quantitative estimate of drug-likeness (QED) is 0.591. The highest BCUT2D eigenvalue weighted by atomic mass is 32.2. The third kappa shape index (κ3) is 4.74. The van der Waals surface area contributed by atoms with E-state index >= 15 is 0 Å². The summed E-state index contributed by atoms with van der Waals surface area (Å²) in [6.45, 7) is 4.09. The number of nitrogens with zero attached hydrogens (tertiary/aromatic N) is 3. The first-order valence-corrected chi connectivity index (χ1v) is 9.37. The van der Waals surface area contributed by atoms with Gasteiger partial charge in [0.1, 0.15) is 5.82 Å². The molecule has 0 saturated heterocycles. The summed E-state index contributed by atoms with van der Waals surface area (Å²) < 4.78 is 19.0. The van der Waals surface area contributed by atoms with Gasteiger partial charge >= 0.3 is 0 Å². The van der Waals surface area contributed by atoms with E-state index in [2.05, 4.69) is 10.2 Å². The van der Waals surface area contributed by atoms with E-state index in [4.69, 9.17) is 4.42 Å². The molecule has 0 aliphatic rings. The number of rotatable bonds is 6. The minimum absolute atomic E-state index is 0.0973. The van der Waals surface area contributed by atoms with Crippen molar-refractivity contribution in [2.45, 2.75) is 30.9 Å². The molecule has 0 N–H and O–H groups in total. The van der Waals surface area contributed by atoms with E-state index in [9.17, 15) is 9.18 Å². The first-order chi connectivity index (χ1) is 12.9. The summed E-state index contributed by atoms with van der Waals surface area (Å²) in [4.78, 5) is 14.1. The van der Waals surface area contributed by atoms with Gasteiger partial charge in [-0.2, -0.15) is 0 Å². The molecule has 7 heteroatoms. The molecule has 3 rings (SSSR count). The number of carbonyl (C=O) groups excluding carboxylic acids is 1. The van der Waals surface area contributed by atoms with Gasteiger partial charge in [-0.05, 0) is 43.2 Å². The number of amides is 1. The summed E-state index contributed by atoms with van der Waals surface area (Å²) in [5.74, 6) is 0.0219. The van der Waals surface area contributed by atoms with Gasteiger partial charge in [0.15, 0.2) is 0 Å². The van der Waals surface area contributed by atoms with Crippen LogP contribution in [0.1, 0.15) is 18.1 Å². The molecular weight excluding hydrogens is 365 g/mol. The van der Waals surface area contributed by atoms with Gasteiger partial charge in [0.05, 0.1) is 5.25 Å². The molecule has 1 atom stereocenters. The van der Waals surface area contributed by atoms with E-state index in [1.54, 1.807) is 31.0 Å². The molecule has 140 valence electrons. The van der Waals surface area contributed by atoms with E-state index in [0.717, 1.165) is 16.7 Å². The van der Waals surface area contributed by atoms with Crippen molar-refractivity contribution in [1.29, 1.82) is 0 Å². The van der Waals surface area contributed by atoms with Gasteiger partial charge < -0.3 is 9.32 Å². The van der Waals surface area contributed by atoms with Gasteiger partial charge in [-0.15, -0.1) is 10.2 Å². The standard InChI is InChI=1S/C20H20FN3O2S/c1-13-7-4-5-10-17(13)18-22-23-20(26-18)27-14(2)19(25)24(3)12-15-8-6-9-16(21)11-15/h4-11,14H,12H2,1-3H3/t14-/m1/s1. The van der Waals surface area contributed by atoms with Gasteiger partial charge in [-0.1, -0.05) is 42.1 Å². The normalized spacial score (nSPS) is 12.0. The predicted molar refractivity (Wildman–Crippen MR) is 103 cm³/mol. The van der Waals surface area contributed by atoms with Gasteiger partial charge in [0, 0.05) is 19.2 Å². The molecule has 0 spiro atoms. The predicted octanol–water partition coefficient (Wildman–Crippen LogP) is 4.32. The highest BCUT2D eigenvalue weighted by Crippen LogP contribution is 2.28. The monoisotopic (exact) mass is 385 g/mol. The summed E-state index contributed by atoms with van der Waals surface area (Å²) in [6, 6.07) is 14.0. The Morgan fingerprint density at radius 3 is 2.74 bits per heavy atom. The highest BCUT2D eigenvalue weighted by Gasteiger charge is 2.22. The van der Waals surface area contributed by atoms with Crippen LogP contribution in [-0.4, -0.2) is 33.3 Å². The minimum atomic E-state index is -0.409. The second kappa shape index (κ2) is 8.35. The molecule has 1 aromatic heterocycles. The maximum atomic E-state index is 13.3. The van der Waals surface area contributed by atoms with Crippen molar-refractivity contribution in [3.05, 3.63) is 65.5 Å². The molecule has 5 nitrogen and oxygen atoms in total. The third-order valence-corrected chi connectivity index (χ3v) is 5.01. The minimum Gasteiger partial charge on any atom is -0.411 e. The summed E-state index contributed by atoms with van der Waals surface area (Å²) >= 11 is 1.21. The molecule has 3 aromatic rings. The molecule has 0 unspecified atom stereocenters. The van der Waals surface area contributed by atoms with Crippen molar-refractivity contribution in [3.63, 3.8) is 0 Å². The third-order valence-electron chi connectivity index (χ3n) is 4.09. The van der Waals surface area contributed by atoms with Crippen molar-refractivity contribution < 1.29 is 13.6 Å². The maximum absolute atomic E-state index is 13.3. The molecule has 0 bridgehead atoms. The molecule has 1 amide bonds. The second-order valence-corrected chi connectivity index (χ2v) is 7.56. The van der Waals surface area contributed by atoms with E-state index in [1.807, 2.05) is 31.2 Å². The largest absolute Gasteiger partial charge is 0.411 e. The lowest BCUT2D eigenvalue weighted by Gasteiger charge is -2.20. The van der Waals surface area contributed by atoms with Crippen LogP contribution in [0.3, 0.4) is 0 Å². The summed E-state index contributed by atoms with van der Waals surface area (Å²) in [5, 5.41) is 8.05. The topological polar surface area (TPSA) is 59.2 Å². The molecular formula is C20H20FN3O2S. The zero-order chi connectivity index (χ0) is 19.4. The molecule has 0 aliphatic heterocycles. The van der Waals surface area contributed by atoms with Crippen LogP contribution in [0, 0.1) is 12.7 Å². The van der Waals surface area contributed by atoms with E-state index in [1.165, 1.54) is 23.9 Å². The highest BCUT2D eigenvalue weighted by molar-refractivity contribution is 8.00. The number of hydrogen-bond donors (Lipinski definition) is 0. The molecule has 0 radical (unpaired) electrons. The van der Waals surface area contributed by atoms with Crippen LogP contribution in [0.2, 0.25) is 0 Å². The van der Waals surface area contributed by atoms with E-state index < -0.39 is 5.25 Å². The SMILES string of the molecule is Cc1ccccc1-c1nnc(S[C@H](C)C(=O)N(C)Cc2cccc(F)c2)o1. The Hall–Kier alpha value is -2.67. The number of benzene rings is 2. The van der Waals surface area contributed by atoms with Gasteiger partial charge in [-0.3, -0.25) is 4.79 Å². The Bertz CT molecular complexity index is 944. The average Bonchev–Trinajstić information content (AvgIpc) is 3.09. The van der Waals surface area contributed by atoms with Crippen molar-refractivity contribution in [3.8, 4) is 11.5 Å². The molecule has 1 heterocycles. The van der Waals surface area contributed by atoms with Crippen molar-refractivity contribution in [2.75, 3.05) is 7.05 Å². The van der Waals surface area contributed by atoms with Crippen molar-refractivity contribution in [1.82, 2.24) is 15.1 Å². The summed E-state index contributed by atoms with van der Waals surface area (Å²) in [5.41, 5.74) is 2.65. The van der Waals surface area contributed by atoms with Gasteiger partial charge in [-0.25, -0.2) is 4.39 Å². The van der Waals surface area contributed by atoms with Crippen molar-refractivity contribution in [2.24, 2.45) is 0 Å². The second-order valence-electron chi connectivity index (χ2n) is 6.27. The van der Waals surface area contributed by atoms with Crippen LogP contribution < -0.4 is 0 Å².